The Labute approximate surface area is 118 Å². The molecule has 0 saturated carbocycles. The molecular formula is C17H18OS. The van der Waals surface area contributed by atoms with Gasteiger partial charge in [0.15, 0.2) is 0 Å². The van der Waals surface area contributed by atoms with Gasteiger partial charge in [-0.15, -0.1) is 11.3 Å². The van der Waals surface area contributed by atoms with Gasteiger partial charge >= 0.3 is 0 Å². The van der Waals surface area contributed by atoms with E-state index in [0.717, 1.165) is 23.3 Å². The van der Waals surface area contributed by atoms with Crippen molar-refractivity contribution < 1.29 is 4.74 Å². The lowest BCUT2D eigenvalue weighted by Crippen LogP contribution is -1.95. The van der Waals surface area contributed by atoms with Crippen LogP contribution in [0.5, 0.6) is 5.75 Å². The molecule has 0 fully saturated rings. The topological polar surface area (TPSA) is 9.23 Å². The summed E-state index contributed by atoms with van der Waals surface area (Å²) < 4.78 is 5.49. The highest BCUT2D eigenvalue weighted by atomic mass is 32.1. The van der Waals surface area contributed by atoms with E-state index < -0.39 is 0 Å². The summed E-state index contributed by atoms with van der Waals surface area (Å²) in [5.74, 6) is 0.909. The van der Waals surface area contributed by atoms with E-state index in [0.29, 0.717) is 0 Å². The molecule has 0 bridgehead atoms. The monoisotopic (exact) mass is 270 g/mol. The third kappa shape index (κ3) is 2.96. The summed E-state index contributed by atoms with van der Waals surface area (Å²) in [4.78, 5) is 2.68. The van der Waals surface area contributed by atoms with Crippen molar-refractivity contribution in [3.05, 3.63) is 63.9 Å². The quantitative estimate of drug-likeness (QED) is 0.747. The maximum absolute atomic E-state index is 5.49. The molecule has 0 saturated heterocycles. The summed E-state index contributed by atoms with van der Waals surface area (Å²) >= 11 is 1.82. The average molecular weight is 270 g/mol. The fourth-order valence-electron chi connectivity index (χ4n) is 2.11. The molecule has 0 radical (unpaired) electrons. The first kappa shape index (κ1) is 13.6. The van der Waals surface area contributed by atoms with Crippen molar-refractivity contribution >= 4 is 23.5 Å². The smallest absolute Gasteiger partial charge is 0.123 e. The van der Waals surface area contributed by atoms with Crippen LogP contribution in [-0.2, 0) is 6.42 Å². The van der Waals surface area contributed by atoms with Crippen LogP contribution in [0.2, 0.25) is 0 Å². The van der Waals surface area contributed by atoms with Crippen molar-refractivity contribution in [2.75, 3.05) is 7.11 Å². The Balaban J connectivity index is 2.43. The van der Waals surface area contributed by atoms with Crippen LogP contribution in [-0.4, -0.2) is 7.11 Å². The van der Waals surface area contributed by atoms with Crippen LogP contribution < -0.4 is 4.74 Å². The molecule has 0 atom stereocenters. The van der Waals surface area contributed by atoms with Crippen LogP contribution in [0.4, 0.5) is 0 Å². The predicted octanol–water partition coefficient (Wildman–Crippen LogP) is 4.94. The van der Waals surface area contributed by atoms with E-state index in [1.54, 1.807) is 7.11 Å². The Bertz CT molecular complexity index is 608. The molecule has 0 aliphatic heterocycles. The minimum Gasteiger partial charge on any atom is -0.496 e. The number of ether oxygens (including phenoxy) is 1. The summed E-state index contributed by atoms with van der Waals surface area (Å²) in [6.07, 6.45) is 4.58. The number of rotatable bonds is 5. The molecule has 1 aromatic heterocycles. The predicted molar refractivity (Wildman–Crippen MR) is 85.0 cm³/mol. The Morgan fingerprint density at radius 2 is 1.84 bits per heavy atom. The van der Waals surface area contributed by atoms with Crippen molar-refractivity contribution in [3.63, 3.8) is 0 Å². The van der Waals surface area contributed by atoms with Gasteiger partial charge in [-0.05, 0) is 47.9 Å². The average Bonchev–Trinajstić information content (AvgIpc) is 2.83. The van der Waals surface area contributed by atoms with E-state index in [-0.39, 0.29) is 0 Å². The highest BCUT2D eigenvalue weighted by Crippen LogP contribution is 2.29. The number of hydrogen-bond acceptors (Lipinski definition) is 2. The van der Waals surface area contributed by atoms with Gasteiger partial charge in [-0.25, -0.2) is 0 Å². The Hall–Kier alpha value is -1.80. The van der Waals surface area contributed by atoms with E-state index in [1.165, 1.54) is 15.3 Å². The first-order valence-electron chi connectivity index (χ1n) is 6.19. The lowest BCUT2D eigenvalue weighted by molar-refractivity contribution is 0.410. The molecule has 0 aliphatic rings. The molecule has 1 aromatic carbocycles. The van der Waals surface area contributed by atoms with Gasteiger partial charge in [-0.1, -0.05) is 25.3 Å². The zero-order chi connectivity index (χ0) is 13.8. The lowest BCUT2D eigenvalue weighted by atomic mass is 10.0. The van der Waals surface area contributed by atoms with Gasteiger partial charge < -0.3 is 4.74 Å². The summed E-state index contributed by atoms with van der Waals surface area (Å²) in [5, 5.41) is 0. The molecule has 2 rings (SSSR count). The van der Waals surface area contributed by atoms with E-state index in [4.69, 9.17) is 4.74 Å². The molecule has 0 aliphatic carbocycles. The molecule has 0 unspecified atom stereocenters. The molecule has 19 heavy (non-hydrogen) atoms. The van der Waals surface area contributed by atoms with Crippen LogP contribution in [0.15, 0.2) is 37.4 Å². The second kappa shape index (κ2) is 5.89. The van der Waals surface area contributed by atoms with Crippen LogP contribution in [0.1, 0.15) is 26.4 Å². The second-order valence-corrected chi connectivity index (χ2v) is 5.76. The largest absolute Gasteiger partial charge is 0.496 e. The van der Waals surface area contributed by atoms with Crippen LogP contribution in [0.25, 0.3) is 12.2 Å². The number of benzene rings is 1. The summed E-state index contributed by atoms with van der Waals surface area (Å²) in [7, 11) is 1.71. The lowest BCUT2D eigenvalue weighted by Gasteiger charge is -2.11. The van der Waals surface area contributed by atoms with Crippen molar-refractivity contribution in [1.29, 1.82) is 0 Å². The molecule has 98 valence electrons. The second-order valence-electron chi connectivity index (χ2n) is 4.39. The first-order valence-corrected chi connectivity index (χ1v) is 7.00. The molecule has 0 amide bonds. The van der Waals surface area contributed by atoms with Gasteiger partial charge in [0, 0.05) is 16.2 Å². The Kier molecular flexibility index (Phi) is 4.23. The molecule has 2 aromatic rings. The maximum atomic E-state index is 5.49. The third-order valence-electron chi connectivity index (χ3n) is 3.09. The van der Waals surface area contributed by atoms with E-state index in [2.05, 4.69) is 38.3 Å². The summed E-state index contributed by atoms with van der Waals surface area (Å²) in [6.45, 7) is 9.82. The molecule has 2 heteroatoms. The zero-order valence-electron chi connectivity index (χ0n) is 11.4. The molecular weight excluding hydrogens is 252 g/mol. The number of hydrogen-bond donors (Lipinski definition) is 0. The van der Waals surface area contributed by atoms with Crippen molar-refractivity contribution in [1.82, 2.24) is 0 Å². The Morgan fingerprint density at radius 1 is 1.16 bits per heavy atom. The van der Waals surface area contributed by atoms with Gasteiger partial charge in [0.25, 0.3) is 0 Å². The van der Waals surface area contributed by atoms with Gasteiger partial charge in [0.1, 0.15) is 5.75 Å². The van der Waals surface area contributed by atoms with Gasteiger partial charge in [-0.3, -0.25) is 0 Å². The standard InChI is InChI=1S/C17H18OS/c1-5-13-9-15(10-16-8-7-12(3)19-16)17(18-4)11-14(13)6-2/h5-9,11H,1-2,10H2,3-4H3. The number of aryl methyl sites for hydroxylation is 1. The first-order chi connectivity index (χ1) is 9.17. The highest BCUT2D eigenvalue weighted by Gasteiger charge is 2.09. The maximum Gasteiger partial charge on any atom is 0.123 e. The van der Waals surface area contributed by atoms with Gasteiger partial charge in [0.2, 0.25) is 0 Å². The molecule has 0 spiro atoms. The van der Waals surface area contributed by atoms with Gasteiger partial charge in [0.05, 0.1) is 7.11 Å². The van der Waals surface area contributed by atoms with Crippen molar-refractivity contribution in [2.45, 2.75) is 13.3 Å². The van der Waals surface area contributed by atoms with E-state index in [1.807, 2.05) is 29.6 Å². The van der Waals surface area contributed by atoms with Crippen LogP contribution in [0, 0.1) is 6.92 Å². The highest BCUT2D eigenvalue weighted by molar-refractivity contribution is 7.11. The fraction of sp³-hybridized carbons (Fsp3) is 0.176. The SMILES string of the molecule is C=Cc1cc(Cc2ccc(C)s2)c(OC)cc1C=C. The summed E-state index contributed by atoms with van der Waals surface area (Å²) in [5.41, 5.74) is 3.34. The van der Waals surface area contributed by atoms with Crippen molar-refractivity contribution in [2.24, 2.45) is 0 Å². The zero-order valence-corrected chi connectivity index (χ0v) is 12.2. The van der Waals surface area contributed by atoms with E-state index >= 15 is 0 Å². The van der Waals surface area contributed by atoms with Crippen molar-refractivity contribution in [3.8, 4) is 5.75 Å². The number of thiophene rings is 1. The normalized spacial score (nSPS) is 10.2. The minimum atomic E-state index is 0.889. The Morgan fingerprint density at radius 3 is 2.37 bits per heavy atom. The van der Waals surface area contributed by atoms with Crippen LogP contribution in [0.3, 0.4) is 0 Å². The molecule has 1 nitrogen and oxygen atoms in total. The molecule has 0 N–H and O–H groups in total. The van der Waals surface area contributed by atoms with E-state index in [9.17, 15) is 0 Å². The number of methoxy groups -OCH3 is 1. The molecule has 1 heterocycles. The van der Waals surface area contributed by atoms with Gasteiger partial charge in [-0.2, -0.15) is 0 Å². The minimum absolute atomic E-state index is 0.889. The van der Waals surface area contributed by atoms with Crippen LogP contribution >= 0.6 is 11.3 Å². The fourth-order valence-corrected chi connectivity index (χ4v) is 3.02. The summed E-state index contributed by atoms with van der Waals surface area (Å²) in [6, 6.07) is 8.49. The third-order valence-corrected chi connectivity index (χ3v) is 4.09.